The summed E-state index contributed by atoms with van der Waals surface area (Å²) in [4.78, 5) is 23.1. The summed E-state index contributed by atoms with van der Waals surface area (Å²) >= 11 is 0. The summed E-state index contributed by atoms with van der Waals surface area (Å²) in [6.45, 7) is 4.11. The summed E-state index contributed by atoms with van der Waals surface area (Å²) in [5.41, 5.74) is 0.942. The topological polar surface area (TPSA) is 73.2 Å². The molecule has 0 aliphatic rings. The van der Waals surface area contributed by atoms with Crippen molar-refractivity contribution in [1.82, 2.24) is 15.1 Å². The number of para-hydroxylation sites is 1. The predicted octanol–water partition coefficient (Wildman–Crippen LogP) is 1.32. The number of carbonyl (C=O) groups is 1. The van der Waals surface area contributed by atoms with E-state index in [2.05, 4.69) is 28.8 Å². The highest BCUT2D eigenvalue weighted by atomic mass is 16.5. The highest BCUT2D eigenvalue weighted by Crippen LogP contribution is 2.18. The van der Waals surface area contributed by atoms with Gasteiger partial charge in [0, 0.05) is 13.1 Å². The van der Waals surface area contributed by atoms with E-state index in [9.17, 15) is 9.59 Å². The van der Waals surface area contributed by atoms with Crippen LogP contribution in [-0.2, 0) is 13.5 Å². The van der Waals surface area contributed by atoms with E-state index in [0.717, 1.165) is 22.4 Å². The van der Waals surface area contributed by atoms with Gasteiger partial charge in [0.1, 0.15) is 18.1 Å². The minimum Gasteiger partial charge on any atom is -0.481 e. The highest BCUT2D eigenvalue weighted by Gasteiger charge is 2.06. The molecule has 1 aromatic carbocycles. The molecule has 25 heavy (non-hydrogen) atoms. The van der Waals surface area contributed by atoms with Gasteiger partial charge in [-0.1, -0.05) is 36.1 Å². The standard InChI is InChI=1S/C19H19N3O3/c1-3-8-15-9-4-5-10-17(15)25-14-7-6-13-20-19(24)16-11-12-18(23)22(2)21-16/h3-5,9-12H,1,8,13-14H2,2H3,(H,20,24). The molecule has 6 nitrogen and oxygen atoms in total. The van der Waals surface area contributed by atoms with Gasteiger partial charge < -0.3 is 10.1 Å². The summed E-state index contributed by atoms with van der Waals surface area (Å²) in [7, 11) is 1.49. The molecule has 0 saturated carbocycles. The monoisotopic (exact) mass is 337 g/mol. The van der Waals surface area contributed by atoms with Crippen molar-refractivity contribution < 1.29 is 9.53 Å². The lowest BCUT2D eigenvalue weighted by atomic mass is 10.1. The molecule has 0 saturated heterocycles. The molecule has 1 aromatic heterocycles. The van der Waals surface area contributed by atoms with Crippen molar-refractivity contribution in [3.63, 3.8) is 0 Å². The van der Waals surface area contributed by atoms with E-state index >= 15 is 0 Å². The molecule has 6 heteroatoms. The third-order valence-electron chi connectivity index (χ3n) is 3.29. The van der Waals surface area contributed by atoms with Crippen molar-refractivity contribution in [3.8, 4) is 17.6 Å². The Morgan fingerprint density at radius 1 is 1.32 bits per heavy atom. The molecule has 0 unspecified atom stereocenters. The fourth-order valence-corrected chi connectivity index (χ4v) is 2.03. The average Bonchev–Trinajstić information content (AvgIpc) is 2.61. The van der Waals surface area contributed by atoms with Gasteiger partial charge in [0.15, 0.2) is 0 Å². The van der Waals surface area contributed by atoms with Crippen molar-refractivity contribution in [1.29, 1.82) is 0 Å². The lowest BCUT2D eigenvalue weighted by Gasteiger charge is -2.07. The van der Waals surface area contributed by atoms with Gasteiger partial charge in [0.05, 0.1) is 6.54 Å². The first-order valence-electron chi connectivity index (χ1n) is 7.71. The summed E-state index contributed by atoms with van der Waals surface area (Å²) in [6.07, 6.45) is 2.54. The van der Waals surface area contributed by atoms with Gasteiger partial charge in [-0.05, 0) is 24.1 Å². The second kappa shape index (κ2) is 9.08. The zero-order chi connectivity index (χ0) is 18.1. The summed E-state index contributed by atoms with van der Waals surface area (Å²) in [5.74, 6) is 6.04. The number of rotatable bonds is 6. The van der Waals surface area contributed by atoms with Gasteiger partial charge in [-0.3, -0.25) is 9.59 Å². The lowest BCUT2D eigenvalue weighted by molar-refractivity contribution is 0.0951. The normalized spacial score (nSPS) is 9.64. The Hall–Kier alpha value is -3.33. The van der Waals surface area contributed by atoms with Crippen LogP contribution < -0.4 is 15.6 Å². The van der Waals surface area contributed by atoms with Crippen LogP contribution in [0.25, 0.3) is 0 Å². The molecule has 0 aliphatic heterocycles. The fourth-order valence-electron chi connectivity index (χ4n) is 2.03. The molecule has 128 valence electrons. The summed E-state index contributed by atoms with van der Waals surface area (Å²) in [6, 6.07) is 10.4. The molecule has 1 amide bonds. The zero-order valence-corrected chi connectivity index (χ0v) is 14.0. The molecule has 0 spiro atoms. The Bertz CT molecular complexity index is 875. The fraction of sp³-hybridized carbons (Fsp3) is 0.211. The second-order valence-corrected chi connectivity index (χ2v) is 5.11. The lowest BCUT2D eigenvalue weighted by Crippen LogP contribution is -2.28. The average molecular weight is 337 g/mol. The first kappa shape index (κ1) is 18.0. The third-order valence-corrected chi connectivity index (χ3v) is 3.29. The van der Waals surface area contributed by atoms with Crippen LogP contribution >= 0.6 is 0 Å². The van der Waals surface area contributed by atoms with E-state index in [1.54, 1.807) is 0 Å². The number of benzene rings is 1. The minimum atomic E-state index is -0.387. The van der Waals surface area contributed by atoms with Crippen molar-refractivity contribution in [3.05, 3.63) is 70.7 Å². The van der Waals surface area contributed by atoms with Gasteiger partial charge in [0.25, 0.3) is 11.5 Å². The van der Waals surface area contributed by atoms with E-state index < -0.39 is 0 Å². The van der Waals surface area contributed by atoms with Gasteiger partial charge in [-0.15, -0.1) is 6.58 Å². The zero-order valence-electron chi connectivity index (χ0n) is 14.0. The van der Waals surface area contributed by atoms with Crippen LogP contribution in [0.2, 0.25) is 0 Å². The van der Waals surface area contributed by atoms with Crippen molar-refractivity contribution >= 4 is 5.91 Å². The number of nitrogens with one attached hydrogen (secondary N) is 1. The number of hydrogen-bond donors (Lipinski definition) is 1. The van der Waals surface area contributed by atoms with Gasteiger partial charge in [0.2, 0.25) is 0 Å². The van der Waals surface area contributed by atoms with Crippen LogP contribution in [0, 0.1) is 11.8 Å². The number of amides is 1. The molecule has 2 aromatic rings. The summed E-state index contributed by atoms with van der Waals surface area (Å²) < 4.78 is 6.73. The molecule has 1 heterocycles. The van der Waals surface area contributed by atoms with Crippen LogP contribution in [0.5, 0.6) is 5.75 Å². The van der Waals surface area contributed by atoms with E-state index in [-0.39, 0.29) is 30.3 Å². The predicted molar refractivity (Wildman–Crippen MR) is 95.4 cm³/mol. The number of nitrogens with zero attached hydrogens (tertiary/aromatic N) is 2. The van der Waals surface area contributed by atoms with Gasteiger partial charge in [-0.25, -0.2) is 4.68 Å². The maximum Gasteiger partial charge on any atom is 0.272 e. The number of allylic oxidation sites excluding steroid dienone is 1. The first-order valence-corrected chi connectivity index (χ1v) is 7.71. The van der Waals surface area contributed by atoms with E-state index in [4.69, 9.17) is 4.74 Å². The van der Waals surface area contributed by atoms with E-state index in [0.29, 0.717) is 0 Å². The van der Waals surface area contributed by atoms with Crippen molar-refractivity contribution in [2.75, 3.05) is 13.2 Å². The number of hydrogen-bond acceptors (Lipinski definition) is 4. The molecule has 1 N–H and O–H groups in total. The molecular formula is C19H19N3O3. The molecule has 0 bridgehead atoms. The van der Waals surface area contributed by atoms with Crippen molar-refractivity contribution in [2.24, 2.45) is 7.05 Å². The second-order valence-electron chi connectivity index (χ2n) is 5.11. The molecule has 0 atom stereocenters. The third kappa shape index (κ3) is 5.36. The largest absolute Gasteiger partial charge is 0.481 e. The maximum absolute atomic E-state index is 11.9. The van der Waals surface area contributed by atoms with Crippen LogP contribution in [0.3, 0.4) is 0 Å². The highest BCUT2D eigenvalue weighted by molar-refractivity contribution is 5.92. The van der Waals surface area contributed by atoms with E-state index in [1.807, 2.05) is 30.3 Å². The molecule has 0 aliphatic carbocycles. The van der Waals surface area contributed by atoms with Gasteiger partial charge >= 0.3 is 0 Å². The van der Waals surface area contributed by atoms with Gasteiger partial charge in [-0.2, -0.15) is 5.10 Å². The van der Waals surface area contributed by atoms with Crippen LogP contribution in [0.1, 0.15) is 16.1 Å². The number of aromatic nitrogens is 2. The Morgan fingerprint density at radius 2 is 2.12 bits per heavy atom. The number of carbonyl (C=O) groups excluding carboxylic acids is 1. The quantitative estimate of drug-likeness (QED) is 0.637. The molecule has 0 fully saturated rings. The maximum atomic E-state index is 11.9. The van der Waals surface area contributed by atoms with E-state index in [1.165, 1.54) is 19.2 Å². The van der Waals surface area contributed by atoms with Crippen molar-refractivity contribution in [2.45, 2.75) is 6.42 Å². The first-order chi connectivity index (χ1) is 12.1. The Balaban J connectivity index is 1.81. The van der Waals surface area contributed by atoms with Crippen LogP contribution in [0.15, 0.2) is 53.8 Å². The molecule has 0 radical (unpaired) electrons. The van der Waals surface area contributed by atoms with Crippen LogP contribution in [0.4, 0.5) is 0 Å². The summed E-state index contributed by atoms with van der Waals surface area (Å²) in [5, 5.41) is 6.48. The molecular weight excluding hydrogens is 318 g/mol. The molecule has 2 rings (SSSR count). The SMILES string of the molecule is C=CCc1ccccc1OCC#CCNC(=O)c1ccc(=O)n(C)n1. The smallest absolute Gasteiger partial charge is 0.272 e. The van der Waals surface area contributed by atoms with Crippen LogP contribution in [-0.4, -0.2) is 28.8 Å². The Morgan fingerprint density at radius 3 is 2.88 bits per heavy atom. The number of aryl methyl sites for hydroxylation is 1. The minimum absolute atomic E-state index is 0.165. The Labute approximate surface area is 146 Å². The Kier molecular flexibility index (Phi) is 6.55. The number of ether oxygens (including phenoxy) is 1.